The molecule has 0 bridgehead atoms. The van der Waals surface area contributed by atoms with E-state index in [9.17, 15) is 4.79 Å². The van der Waals surface area contributed by atoms with Crippen LogP contribution in [-0.4, -0.2) is 5.97 Å². The lowest BCUT2D eigenvalue weighted by Crippen LogP contribution is -2.38. The highest BCUT2D eigenvalue weighted by atomic mass is 16.7. The maximum Gasteiger partial charge on any atom is 0.350 e. The van der Waals surface area contributed by atoms with Gasteiger partial charge in [-0.25, -0.2) is 4.79 Å². The molecule has 0 unspecified atom stereocenters. The summed E-state index contributed by atoms with van der Waals surface area (Å²) in [6.45, 7) is 0. The van der Waals surface area contributed by atoms with E-state index in [1.54, 1.807) is 12.1 Å². The standard InChI is InChI=1S/C7H9N3O3/c8-9-10-13-7(11)4-3-6-2-1-5-12-6/h1-5,9-10H,8H2/b4-3+. The van der Waals surface area contributed by atoms with E-state index in [1.165, 1.54) is 18.4 Å². The van der Waals surface area contributed by atoms with Crippen molar-refractivity contribution < 1.29 is 14.0 Å². The summed E-state index contributed by atoms with van der Waals surface area (Å²) in [5, 5.41) is 0. The highest BCUT2D eigenvalue weighted by molar-refractivity contribution is 5.86. The SMILES string of the molecule is NNNOC(=O)/C=C/c1ccco1. The van der Waals surface area contributed by atoms with Gasteiger partial charge in [0, 0.05) is 6.08 Å². The summed E-state index contributed by atoms with van der Waals surface area (Å²) in [4.78, 5) is 15.1. The van der Waals surface area contributed by atoms with Crippen molar-refractivity contribution in [3.05, 3.63) is 30.2 Å². The average molecular weight is 183 g/mol. The lowest BCUT2D eigenvalue weighted by Gasteiger charge is -1.98. The van der Waals surface area contributed by atoms with E-state index in [1.807, 2.05) is 11.1 Å². The molecule has 1 aromatic rings. The molecule has 6 nitrogen and oxygen atoms in total. The number of nitrogens with two attached hydrogens (primary N) is 1. The van der Waals surface area contributed by atoms with E-state index in [2.05, 4.69) is 4.84 Å². The molecule has 6 heteroatoms. The molecule has 0 aliphatic rings. The normalized spacial score (nSPS) is 10.5. The monoisotopic (exact) mass is 183 g/mol. The Morgan fingerprint density at radius 2 is 2.54 bits per heavy atom. The van der Waals surface area contributed by atoms with Gasteiger partial charge < -0.3 is 9.25 Å². The summed E-state index contributed by atoms with van der Waals surface area (Å²) in [7, 11) is 0. The Bertz CT molecular complexity index is 281. The van der Waals surface area contributed by atoms with Gasteiger partial charge in [0.25, 0.3) is 0 Å². The van der Waals surface area contributed by atoms with Gasteiger partial charge in [-0.15, -0.1) is 0 Å². The second-order valence-corrected chi connectivity index (χ2v) is 2.02. The second kappa shape index (κ2) is 5.09. The van der Waals surface area contributed by atoms with E-state index >= 15 is 0 Å². The van der Waals surface area contributed by atoms with Crippen molar-refractivity contribution >= 4 is 12.0 Å². The predicted octanol–water partition coefficient (Wildman–Crippen LogP) is -0.281. The number of nitrogens with one attached hydrogen (secondary N) is 2. The molecule has 0 aliphatic heterocycles. The summed E-state index contributed by atoms with van der Waals surface area (Å²) in [5.41, 5.74) is 3.92. The molecule has 0 atom stereocenters. The number of furan rings is 1. The smallest absolute Gasteiger partial charge is 0.350 e. The molecule has 1 heterocycles. The Morgan fingerprint density at radius 1 is 1.69 bits per heavy atom. The lowest BCUT2D eigenvalue weighted by molar-refractivity contribution is -0.147. The lowest BCUT2D eigenvalue weighted by atomic mass is 10.4. The molecule has 0 saturated heterocycles. The number of carbonyl (C=O) groups is 1. The quantitative estimate of drug-likeness (QED) is 0.338. The van der Waals surface area contributed by atoms with Crippen molar-refractivity contribution in [3.8, 4) is 0 Å². The Labute approximate surface area is 74.2 Å². The number of rotatable bonds is 4. The maximum absolute atomic E-state index is 10.8. The number of hydrogen-bond donors (Lipinski definition) is 3. The van der Waals surface area contributed by atoms with Crippen LogP contribution in [0.15, 0.2) is 28.9 Å². The zero-order valence-electron chi connectivity index (χ0n) is 6.69. The molecule has 70 valence electrons. The molecule has 0 fully saturated rings. The van der Waals surface area contributed by atoms with Gasteiger partial charge in [0.1, 0.15) is 5.76 Å². The molecule has 0 spiro atoms. The van der Waals surface area contributed by atoms with Gasteiger partial charge >= 0.3 is 5.97 Å². The van der Waals surface area contributed by atoms with E-state index in [4.69, 9.17) is 10.3 Å². The Kier molecular flexibility index (Phi) is 3.71. The Balaban J connectivity index is 2.35. The molecule has 0 radical (unpaired) electrons. The van der Waals surface area contributed by atoms with Crippen molar-refractivity contribution in [2.75, 3.05) is 0 Å². The molecule has 1 aromatic heterocycles. The fourth-order valence-electron chi connectivity index (χ4n) is 0.650. The van der Waals surface area contributed by atoms with Crippen molar-refractivity contribution in [3.63, 3.8) is 0 Å². The summed E-state index contributed by atoms with van der Waals surface area (Å²) in [5.74, 6) is 4.77. The van der Waals surface area contributed by atoms with Gasteiger partial charge in [0.2, 0.25) is 0 Å². The van der Waals surface area contributed by atoms with Crippen LogP contribution in [0.25, 0.3) is 6.08 Å². The number of hydrazine groups is 2. The molecular formula is C7H9N3O3. The van der Waals surface area contributed by atoms with Gasteiger partial charge in [-0.2, -0.15) is 5.53 Å². The molecule has 0 amide bonds. The van der Waals surface area contributed by atoms with Crippen molar-refractivity contribution in [1.29, 1.82) is 0 Å². The fraction of sp³-hybridized carbons (Fsp3) is 0. The number of carbonyl (C=O) groups excluding carboxylic acids is 1. The van der Waals surface area contributed by atoms with Crippen LogP contribution in [0.4, 0.5) is 0 Å². The topological polar surface area (TPSA) is 89.5 Å². The largest absolute Gasteiger partial charge is 0.465 e. The van der Waals surface area contributed by atoms with Crippen molar-refractivity contribution in [1.82, 2.24) is 11.1 Å². The molecule has 4 N–H and O–H groups in total. The molecule has 0 aromatic carbocycles. The van der Waals surface area contributed by atoms with E-state index in [-0.39, 0.29) is 0 Å². The van der Waals surface area contributed by atoms with Crippen LogP contribution >= 0.6 is 0 Å². The summed E-state index contributed by atoms with van der Waals surface area (Å²) in [6.07, 6.45) is 4.17. The Morgan fingerprint density at radius 3 is 3.15 bits per heavy atom. The highest BCUT2D eigenvalue weighted by Gasteiger charge is 1.95. The van der Waals surface area contributed by atoms with Crippen molar-refractivity contribution in [2.45, 2.75) is 0 Å². The summed E-state index contributed by atoms with van der Waals surface area (Å²) < 4.78 is 4.93. The number of hydrogen-bond acceptors (Lipinski definition) is 6. The van der Waals surface area contributed by atoms with E-state index in [0.717, 1.165) is 0 Å². The first-order chi connectivity index (χ1) is 6.33. The van der Waals surface area contributed by atoms with Crippen LogP contribution in [-0.2, 0) is 9.63 Å². The minimum atomic E-state index is -0.589. The van der Waals surface area contributed by atoms with Gasteiger partial charge in [0.15, 0.2) is 0 Å². The molecular weight excluding hydrogens is 174 g/mol. The minimum absolute atomic E-state index is 0.567. The van der Waals surface area contributed by atoms with Gasteiger partial charge in [-0.05, 0) is 18.2 Å². The predicted molar refractivity (Wildman–Crippen MR) is 44.3 cm³/mol. The first-order valence-corrected chi connectivity index (χ1v) is 3.46. The zero-order chi connectivity index (χ0) is 9.52. The summed E-state index contributed by atoms with van der Waals surface area (Å²) in [6, 6.07) is 3.42. The van der Waals surface area contributed by atoms with Crippen LogP contribution < -0.4 is 17.0 Å². The fourth-order valence-corrected chi connectivity index (χ4v) is 0.650. The van der Waals surface area contributed by atoms with Crippen LogP contribution in [0, 0.1) is 0 Å². The first-order valence-electron chi connectivity index (χ1n) is 3.46. The van der Waals surface area contributed by atoms with E-state index in [0.29, 0.717) is 5.76 Å². The average Bonchev–Trinajstić information content (AvgIpc) is 2.64. The van der Waals surface area contributed by atoms with Crippen LogP contribution in [0.3, 0.4) is 0 Å². The van der Waals surface area contributed by atoms with Crippen LogP contribution in [0.5, 0.6) is 0 Å². The molecule has 1 rings (SSSR count). The summed E-state index contributed by atoms with van der Waals surface area (Å²) >= 11 is 0. The molecule has 0 aliphatic carbocycles. The van der Waals surface area contributed by atoms with E-state index < -0.39 is 5.97 Å². The first kappa shape index (κ1) is 9.46. The third kappa shape index (κ3) is 3.52. The van der Waals surface area contributed by atoms with Crippen molar-refractivity contribution in [2.24, 2.45) is 5.84 Å². The molecule has 13 heavy (non-hydrogen) atoms. The van der Waals surface area contributed by atoms with Gasteiger partial charge in [0.05, 0.1) is 6.26 Å². The second-order valence-electron chi connectivity index (χ2n) is 2.02. The van der Waals surface area contributed by atoms with Crippen LogP contribution in [0.2, 0.25) is 0 Å². The Hall–Kier alpha value is -1.63. The van der Waals surface area contributed by atoms with Gasteiger partial charge in [-0.1, -0.05) is 5.59 Å². The molecule has 0 saturated carbocycles. The highest BCUT2D eigenvalue weighted by Crippen LogP contribution is 2.01. The zero-order valence-corrected chi connectivity index (χ0v) is 6.69. The minimum Gasteiger partial charge on any atom is -0.465 e. The maximum atomic E-state index is 10.8. The third-order valence-electron chi connectivity index (χ3n) is 1.14. The van der Waals surface area contributed by atoms with Gasteiger partial charge in [-0.3, -0.25) is 5.84 Å². The van der Waals surface area contributed by atoms with Crippen LogP contribution in [0.1, 0.15) is 5.76 Å². The third-order valence-corrected chi connectivity index (χ3v) is 1.14.